The lowest BCUT2D eigenvalue weighted by Crippen LogP contribution is -2.29. The number of carbonyl (C=O) groups excluding carboxylic acids is 2. The van der Waals surface area contributed by atoms with Gasteiger partial charge in [0.05, 0.1) is 6.10 Å². The van der Waals surface area contributed by atoms with Gasteiger partial charge in [0, 0.05) is 30.2 Å². The molecule has 0 aromatic heterocycles. The first kappa shape index (κ1) is 18.8. The number of ether oxygens (including phenoxy) is 1. The first-order valence-corrected chi connectivity index (χ1v) is 9.25. The Balaban J connectivity index is 1.53. The average molecular weight is 367 g/mol. The minimum atomic E-state index is -0.712. The molecule has 27 heavy (non-hydrogen) atoms. The zero-order chi connectivity index (χ0) is 19.2. The fraction of sp³-hybridized carbons (Fsp3) is 0.333. The number of anilines is 3. The molecule has 2 N–H and O–H groups in total. The normalized spacial score (nSPS) is 13.5. The molecular formula is C21H25N3O3. The molecule has 6 nitrogen and oxygen atoms in total. The van der Waals surface area contributed by atoms with Gasteiger partial charge in [-0.05, 0) is 75.2 Å². The van der Waals surface area contributed by atoms with E-state index < -0.39 is 11.8 Å². The second-order valence-corrected chi connectivity index (χ2v) is 6.84. The molecule has 0 unspecified atom stereocenters. The highest BCUT2D eigenvalue weighted by atomic mass is 16.5. The van der Waals surface area contributed by atoms with Crippen LogP contribution in [-0.2, 0) is 9.59 Å². The summed E-state index contributed by atoms with van der Waals surface area (Å²) in [7, 11) is 0. The first-order valence-electron chi connectivity index (χ1n) is 9.25. The van der Waals surface area contributed by atoms with E-state index in [1.165, 1.54) is 12.8 Å². The summed E-state index contributed by atoms with van der Waals surface area (Å²) in [5.41, 5.74) is 2.27. The average Bonchev–Trinajstić information content (AvgIpc) is 3.18. The van der Waals surface area contributed by atoms with E-state index in [2.05, 4.69) is 15.5 Å². The Morgan fingerprint density at radius 3 is 1.81 bits per heavy atom. The highest BCUT2D eigenvalue weighted by molar-refractivity contribution is 6.43. The van der Waals surface area contributed by atoms with Crippen molar-refractivity contribution in [2.75, 3.05) is 28.6 Å². The Hall–Kier alpha value is -3.02. The summed E-state index contributed by atoms with van der Waals surface area (Å²) in [6, 6.07) is 14.5. The van der Waals surface area contributed by atoms with Crippen molar-refractivity contribution in [3.63, 3.8) is 0 Å². The van der Waals surface area contributed by atoms with Crippen LogP contribution in [0.1, 0.15) is 26.7 Å². The zero-order valence-electron chi connectivity index (χ0n) is 15.7. The van der Waals surface area contributed by atoms with Crippen LogP contribution in [-0.4, -0.2) is 31.0 Å². The molecule has 142 valence electrons. The van der Waals surface area contributed by atoms with Crippen LogP contribution in [0.15, 0.2) is 48.5 Å². The molecule has 1 heterocycles. The lowest BCUT2D eigenvalue weighted by atomic mass is 10.2. The summed E-state index contributed by atoms with van der Waals surface area (Å²) in [4.78, 5) is 26.5. The maximum Gasteiger partial charge on any atom is 0.314 e. The molecule has 0 radical (unpaired) electrons. The van der Waals surface area contributed by atoms with Crippen LogP contribution in [0.25, 0.3) is 0 Å². The Morgan fingerprint density at radius 2 is 1.33 bits per heavy atom. The van der Waals surface area contributed by atoms with Gasteiger partial charge in [0.2, 0.25) is 0 Å². The van der Waals surface area contributed by atoms with Gasteiger partial charge in [-0.2, -0.15) is 0 Å². The van der Waals surface area contributed by atoms with Crippen LogP contribution in [0, 0.1) is 0 Å². The molecule has 0 spiro atoms. The Bertz CT molecular complexity index is 779. The van der Waals surface area contributed by atoms with Gasteiger partial charge in [0.1, 0.15) is 5.75 Å². The van der Waals surface area contributed by atoms with E-state index in [0.29, 0.717) is 17.1 Å². The highest BCUT2D eigenvalue weighted by Gasteiger charge is 2.15. The van der Waals surface area contributed by atoms with Gasteiger partial charge in [-0.1, -0.05) is 0 Å². The standard InChI is InChI=1S/C21H25N3O3/c1-15(2)27-19-11-7-17(8-12-19)23-21(26)20(25)22-16-5-9-18(10-6-16)24-13-3-4-14-24/h5-12,15H,3-4,13-14H2,1-2H3,(H,22,25)(H,23,26). The summed E-state index contributed by atoms with van der Waals surface area (Å²) in [5.74, 6) is -0.701. The predicted octanol–water partition coefficient (Wildman–Crippen LogP) is 3.65. The number of benzene rings is 2. The molecule has 2 aromatic carbocycles. The van der Waals surface area contributed by atoms with E-state index in [9.17, 15) is 9.59 Å². The van der Waals surface area contributed by atoms with Crippen molar-refractivity contribution in [3.8, 4) is 5.75 Å². The van der Waals surface area contributed by atoms with Crippen molar-refractivity contribution in [1.29, 1.82) is 0 Å². The fourth-order valence-corrected chi connectivity index (χ4v) is 3.00. The third kappa shape index (κ3) is 5.23. The molecule has 1 saturated heterocycles. The second kappa shape index (κ2) is 8.58. The third-order valence-electron chi connectivity index (χ3n) is 4.29. The molecule has 1 aliphatic rings. The van der Waals surface area contributed by atoms with Crippen molar-refractivity contribution in [2.24, 2.45) is 0 Å². The molecule has 2 amide bonds. The van der Waals surface area contributed by atoms with Crippen molar-refractivity contribution in [1.82, 2.24) is 0 Å². The smallest absolute Gasteiger partial charge is 0.314 e. The summed E-state index contributed by atoms with van der Waals surface area (Å²) in [6.45, 7) is 6.01. The lowest BCUT2D eigenvalue weighted by Gasteiger charge is -2.17. The summed E-state index contributed by atoms with van der Waals surface area (Å²) in [6.07, 6.45) is 2.50. The maximum absolute atomic E-state index is 12.1. The van der Waals surface area contributed by atoms with Gasteiger partial charge in [0.15, 0.2) is 0 Å². The van der Waals surface area contributed by atoms with Crippen LogP contribution < -0.4 is 20.3 Å². The minimum Gasteiger partial charge on any atom is -0.491 e. The molecule has 1 aliphatic heterocycles. The molecule has 0 saturated carbocycles. The number of amides is 2. The van der Waals surface area contributed by atoms with Crippen molar-refractivity contribution < 1.29 is 14.3 Å². The number of carbonyl (C=O) groups is 2. The molecule has 3 rings (SSSR count). The largest absolute Gasteiger partial charge is 0.491 e. The van der Waals surface area contributed by atoms with Crippen LogP contribution >= 0.6 is 0 Å². The number of rotatable bonds is 5. The topological polar surface area (TPSA) is 70.7 Å². The van der Waals surface area contributed by atoms with Crippen molar-refractivity contribution in [2.45, 2.75) is 32.8 Å². The maximum atomic E-state index is 12.1. The van der Waals surface area contributed by atoms with Gasteiger partial charge >= 0.3 is 11.8 Å². The third-order valence-corrected chi connectivity index (χ3v) is 4.29. The van der Waals surface area contributed by atoms with Crippen LogP contribution in [0.3, 0.4) is 0 Å². The van der Waals surface area contributed by atoms with Gasteiger partial charge in [0.25, 0.3) is 0 Å². The lowest BCUT2D eigenvalue weighted by molar-refractivity contribution is -0.132. The quantitative estimate of drug-likeness (QED) is 0.792. The van der Waals surface area contributed by atoms with E-state index in [-0.39, 0.29) is 6.10 Å². The van der Waals surface area contributed by atoms with Crippen molar-refractivity contribution in [3.05, 3.63) is 48.5 Å². The molecule has 2 aromatic rings. The SMILES string of the molecule is CC(C)Oc1ccc(NC(=O)C(=O)Nc2ccc(N3CCCC3)cc2)cc1. The molecule has 0 aliphatic carbocycles. The van der Waals surface area contributed by atoms with E-state index in [1.807, 2.05) is 38.1 Å². The Kier molecular flexibility index (Phi) is 5.96. The van der Waals surface area contributed by atoms with Crippen LogP contribution in [0.5, 0.6) is 5.75 Å². The Labute approximate surface area is 159 Å². The van der Waals surface area contributed by atoms with Gasteiger partial charge in [-0.15, -0.1) is 0 Å². The zero-order valence-corrected chi connectivity index (χ0v) is 15.7. The van der Waals surface area contributed by atoms with E-state index in [1.54, 1.807) is 24.3 Å². The van der Waals surface area contributed by atoms with Crippen LogP contribution in [0.2, 0.25) is 0 Å². The first-order chi connectivity index (χ1) is 13.0. The summed E-state index contributed by atoms with van der Waals surface area (Å²) < 4.78 is 5.55. The van der Waals surface area contributed by atoms with Gasteiger partial charge in [-0.3, -0.25) is 9.59 Å². The number of nitrogens with one attached hydrogen (secondary N) is 2. The monoisotopic (exact) mass is 367 g/mol. The predicted molar refractivity (Wildman–Crippen MR) is 107 cm³/mol. The molecule has 6 heteroatoms. The number of nitrogens with zero attached hydrogens (tertiary/aromatic N) is 1. The van der Waals surface area contributed by atoms with Crippen molar-refractivity contribution >= 4 is 28.9 Å². The molecular weight excluding hydrogens is 342 g/mol. The fourth-order valence-electron chi connectivity index (χ4n) is 3.00. The highest BCUT2D eigenvalue weighted by Crippen LogP contribution is 2.22. The number of hydrogen-bond acceptors (Lipinski definition) is 4. The van der Waals surface area contributed by atoms with Gasteiger partial charge in [-0.25, -0.2) is 0 Å². The van der Waals surface area contributed by atoms with E-state index in [4.69, 9.17) is 4.74 Å². The second-order valence-electron chi connectivity index (χ2n) is 6.84. The summed E-state index contributed by atoms with van der Waals surface area (Å²) in [5, 5.41) is 5.21. The number of hydrogen-bond donors (Lipinski definition) is 2. The van der Waals surface area contributed by atoms with Gasteiger partial charge < -0.3 is 20.3 Å². The van der Waals surface area contributed by atoms with E-state index in [0.717, 1.165) is 18.8 Å². The minimum absolute atomic E-state index is 0.0769. The molecule has 0 atom stereocenters. The van der Waals surface area contributed by atoms with Crippen LogP contribution in [0.4, 0.5) is 17.1 Å². The summed E-state index contributed by atoms with van der Waals surface area (Å²) >= 11 is 0. The van der Waals surface area contributed by atoms with E-state index >= 15 is 0 Å². The Morgan fingerprint density at radius 1 is 0.852 bits per heavy atom. The molecule has 1 fully saturated rings. The molecule has 0 bridgehead atoms.